The molecule has 0 saturated carbocycles. The van der Waals surface area contributed by atoms with Gasteiger partial charge >= 0.3 is 5.97 Å². The lowest BCUT2D eigenvalue weighted by molar-refractivity contribution is -0.136. The fourth-order valence-electron chi connectivity index (χ4n) is 3.66. The number of benzene rings is 2. The van der Waals surface area contributed by atoms with Crippen LogP contribution in [0.4, 0.5) is 5.69 Å². The summed E-state index contributed by atoms with van der Waals surface area (Å²) in [5, 5.41) is 0.583. The van der Waals surface area contributed by atoms with Crippen LogP contribution in [0.1, 0.15) is 24.8 Å². The van der Waals surface area contributed by atoms with Crippen molar-refractivity contribution in [3.63, 3.8) is 0 Å². The topological polar surface area (TPSA) is 55.8 Å². The number of ether oxygens (including phenoxy) is 2. The van der Waals surface area contributed by atoms with Crippen LogP contribution in [0.25, 0.3) is 0 Å². The normalized spacial score (nSPS) is 19.2. The van der Waals surface area contributed by atoms with Gasteiger partial charge in [-0.3, -0.25) is 9.69 Å². The lowest BCUT2D eigenvalue weighted by atomic mass is 9.83. The van der Waals surface area contributed by atoms with Gasteiger partial charge in [0.25, 0.3) is 0 Å². The predicted molar refractivity (Wildman–Crippen MR) is 102 cm³/mol. The molecule has 1 amide bonds. The zero-order valence-electron chi connectivity index (χ0n) is 14.8. The number of para-hydroxylation sites is 1. The maximum Gasteiger partial charge on any atom is 0.336 e. The Morgan fingerprint density at radius 3 is 2.63 bits per heavy atom. The van der Waals surface area contributed by atoms with Crippen LogP contribution in [-0.2, 0) is 14.3 Å². The smallest absolute Gasteiger partial charge is 0.336 e. The molecule has 0 spiro atoms. The number of amides is 1. The van der Waals surface area contributed by atoms with E-state index in [0.717, 1.165) is 5.56 Å². The first-order valence-electron chi connectivity index (χ1n) is 8.80. The van der Waals surface area contributed by atoms with E-state index in [1.165, 1.54) is 0 Å². The quantitative estimate of drug-likeness (QED) is 0.747. The van der Waals surface area contributed by atoms with Crippen LogP contribution >= 0.6 is 11.6 Å². The molecule has 0 aromatic heterocycles. The van der Waals surface area contributed by atoms with Crippen molar-refractivity contribution in [3.8, 4) is 5.75 Å². The molecule has 27 heavy (non-hydrogen) atoms. The number of hydrogen-bond donors (Lipinski definition) is 0. The summed E-state index contributed by atoms with van der Waals surface area (Å²) in [5.74, 6) is -0.170. The number of esters is 1. The number of anilines is 1. The van der Waals surface area contributed by atoms with Gasteiger partial charge in [0.2, 0.25) is 5.91 Å². The van der Waals surface area contributed by atoms with Crippen LogP contribution in [-0.4, -0.2) is 25.1 Å². The summed E-state index contributed by atoms with van der Waals surface area (Å²) in [6.45, 7) is 2.49. The Kier molecular flexibility index (Phi) is 4.62. The van der Waals surface area contributed by atoms with Gasteiger partial charge in [-0.05, 0) is 37.3 Å². The van der Waals surface area contributed by atoms with Crippen molar-refractivity contribution in [2.24, 2.45) is 0 Å². The Balaban J connectivity index is 1.82. The Labute approximate surface area is 162 Å². The maximum atomic E-state index is 13.0. The molecule has 4 rings (SSSR count). The van der Waals surface area contributed by atoms with E-state index in [0.29, 0.717) is 34.3 Å². The summed E-state index contributed by atoms with van der Waals surface area (Å²) in [5.41, 5.74) is 2.62. The first kappa shape index (κ1) is 17.6. The predicted octanol–water partition coefficient (Wildman–Crippen LogP) is 4.07. The highest BCUT2D eigenvalue weighted by Crippen LogP contribution is 2.44. The van der Waals surface area contributed by atoms with Crippen LogP contribution in [0.5, 0.6) is 5.75 Å². The summed E-state index contributed by atoms with van der Waals surface area (Å²) in [6.07, 6.45) is 0.167. The highest BCUT2D eigenvalue weighted by Gasteiger charge is 2.43. The molecular weight excluding hydrogens is 366 g/mol. The zero-order valence-corrected chi connectivity index (χ0v) is 15.5. The largest absolute Gasteiger partial charge is 0.494 e. The number of halogens is 1. The summed E-state index contributed by atoms with van der Waals surface area (Å²) < 4.78 is 11.0. The van der Waals surface area contributed by atoms with Gasteiger partial charge in [-0.25, -0.2) is 4.79 Å². The van der Waals surface area contributed by atoms with Crippen LogP contribution in [0.2, 0.25) is 5.02 Å². The van der Waals surface area contributed by atoms with Crippen LogP contribution in [0, 0.1) is 0 Å². The molecule has 0 radical (unpaired) electrons. The van der Waals surface area contributed by atoms with Gasteiger partial charge in [-0.2, -0.15) is 0 Å². The molecular formula is C21H18ClNO4. The van der Waals surface area contributed by atoms with E-state index < -0.39 is 0 Å². The van der Waals surface area contributed by atoms with Gasteiger partial charge in [0.05, 0.1) is 17.9 Å². The van der Waals surface area contributed by atoms with E-state index in [1.54, 1.807) is 29.2 Å². The molecule has 0 saturated heterocycles. The second-order valence-corrected chi connectivity index (χ2v) is 6.81. The van der Waals surface area contributed by atoms with E-state index in [2.05, 4.69) is 0 Å². The molecule has 2 aromatic carbocycles. The Morgan fingerprint density at radius 2 is 1.89 bits per heavy atom. The molecule has 0 aliphatic carbocycles. The van der Waals surface area contributed by atoms with Crippen LogP contribution in [0.15, 0.2) is 59.8 Å². The third-order valence-corrected chi connectivity index (χ3v) is 5.05. The summed E-state index contributed by atoms with van der Waals surface area (Å²) in [6, 6.07) is 14.5. The molecule has 6 heteroatoms. The molecule has 0 unspecified atom stereocenters. The number of carbonyl (C=O) groups is 2. The van der Waals surface area contributed by atoms with Crippen molar-refractivity contribution in [2.75, 3.05) is 18.1 Å². The molecule has 2 aliphatic rings. The SMILES string of the molecule is CCOc1ccccc1[C@@H]1CC(=O)N(c2ccc(Cl)cc2)C2=C1C(=O)OC2. The molecule has 1 atom stereocenters. The summed E-state index contributed by atoms with van der Waals surface area (Å²) in [7, 11) is 0. The van der Waals surface area contributed by atoms with E-state index in [4.69, 9.17) is 21.1 Å². The average molecular weight is 384 g/mol. The minimum absolute atomic E-state index is 0.0792. The van der Waals surface area contributed by atoms with Crippen LogP contribution in [0.3, 0.4) is 0 Å². The Hall–Kier alpha value is -2.79. The Bertz CT molecular complexity index is 935. The molecule has 2 aromatic rings. The monoisotopic (exact) mass is 383 g/mol. The molecule has 0 N–H and O–H groups in total. The van der Waals surface area contributed by atoms with Crippen molar-refractivity contribution in [1.82, 2.24) is 0 Å². The maximum absolute atomic E-state index is 13.0. The molecule has 0 fully saturated rings. The highest BCUT2D eigenvalue weighted by atomic mass is 35.5. The molecule has 138 valence electrons. The van der Waals surface area contributed by atoms with Gasteiger partial charge < -0.3 is 9.47 Å². The molecule has 5 nitrogen and oxygen atoms in total. The van der Waals surface area contributed by atoms with Gasteiger partial charge in [0.15, 0.2) is 0 Å². The van der Waals surface area contributed by atoms with Gasteiger partial charge in [-0.15, -0.1) is 0 Å². The van der Waals surface area contributed by atoms with Crippen molar-refractivity contribution in [2.45, 2.75) is 19.3 Å². The highest BCUT2D eigenvalue weighted by molar-refractivity contribution is 6.30. The molecule has 0 bridgehead atoms. The first-order valence-corrected chi connectivity index (χ1v) is 9.18. The minimum Gasteiger partial charge on any atom is -0.494 e. The number of carbonyl (C=O) groups excluding carboxylic acids is 2. The zero-order chi connectivity index (χ0) is 19.0. The van der Waals surface area contributed by atoms with E-state index in [9.17, 15) is 9.59 Å². The average Bonchev–Trinajstić information content (AvgIpc) is 3.05. The lowest BCUT2D eigenvalue weighted by Gasteiger charge is -2.32. The van der Waals surface area contributed by atoms with E-state index in [1.807, 2.05) is 31.2 Å². The Morgan fingerprint density at radius 1 is 1.15 bits per heavy atom. The minimum atomic E-state index is -0.382. The fourth-order valence-corrected chi connectivity index (χ4v) is 3.79. The van der Waals surface area contributed by atoms with Crippen molar-refractivity contribution < 1.29 is 19.1 Å². The summed E-state index contributed by atoms with van der Waals surface area (Å²) in [4.78, 5) is 27.1. The third-order valence-electron chi connectivity index (χ3n) is 4.80. The third kappa shape index (κ3) is 3.08. The number of cyclic esters (lactones) is 1. The second-order valence-electron chi connectivity index (χ2n) is 6.37. The van der Waals surface area contributed by atoms with Gasteiger partial charge in [0.1, 0.15) is 12.4 Å². The van der Waals surface area contributed by atoms with Crippen molar-refractivity contribution in [1.29, 1.82) is 0 Å². The van der Waals surface area contributed by atoms with Crippen molar-refractivity contribution in [3.05, 3.63) is 70.4 Å². The van der Waals surface area contributed by atoms with Gasteiger partial charge in [-0.1, -0.05) is 29.8 Å². The second kappa shape index (κ2) is 7.08. The van der Waals surface area contributed by atoms with Crippen molar-refractivity contribution >= 4 is 29.2 Å². The lowest BCUT2D eigenvalue weighted by Crippen LogP contribution is -2.37. The number of hydrogen-bond acceptors (Lipinski definition) is 4. The first-order chi connectivity index (χ1) is 13.1. The van der Waals surface area contributed by atoms with E-state index in [-0.39, 0.29) is 30.8 Å². The van der Waals surface area contributed by atoms with Crippen LogP contribution < -0.4 is 9.64 Å². The van der Waals surface area contributed by atoms with Gasteiger partial charge in [0, 0.05) is 28.6 Å². The van der Waals surface area contributed by atoms with E-state index >= 15 is 0 Å². The molecule has 2 heterocycles. The molecule has 2 aliphatic heterocycles. The standard InChI is InChI=1S/C21H18ClNO4/c1-2-26-18-6-4-3-5-15(18)16-11-19(24)23(14-9-7-13(22)8-10-14)17-12-27-21(25)20(16)17/h3-10,16H,2,11-12H2,1H3/t16-/m0/s1. The number of nitrogens with zero attached hydrogens (tertiary/aromatic N) is 1. The summed E-state index contributed by atoms with van der Waals surface area (Å²) >= 11 is 5.96. The number of rotatable bonds is 4. The fraction of sp³-hybridized carbons (Fsp3) is 0.238.